The second-order valence-corrected chi connectivity index (χ2v) is 6.50. The Morgan fingerprint density at radius 3 is 2.50 bits per heavy atom. The summed E-state index contributed by atoms with van der Waals surface area (Å²) in [5.41, 5.74) is 7.99. The summed E-state index contributed by atoms with van der Waals surface area (Å²) in [6.45, 7) is 3.50. The van der Waals surface area contributed by atoms with Crippen molar-refractivity contribution < 1.29 is 8.42 Å². The Labute approximate surface area is 122 Å². The molecular formula is C13H14ClN3O2S. The number of nitrogen functional groups attached to an aromatic ring is 1. The number of hydrogen-bond donors (Lipinski definition) is 2. The van der Waals surface area contributed by atoms with Gasteiger partial charge in [-0.15, -0.1) is 0 Å². The van der Waals surface area contributed by atoms with E-state index in [4.69, 9.17) is 17.3 Å². The molecule has 0 aliphatic heterocycles. The number of nitrogens with one attached hydrogen (secondary N) is 1. The number of pyridine rings is 1. The highest BCUT2D eigenvalue weighted by atomic mass is 35.5. The van der Waals surface area contributed by atoms with Gasteiger partial charge in [0.05, 0.1) is 16.8 Å². The monoisotopic (exact) mass is 311 g/mol. The van der Waals surface area contributed by atoms with Crippen molar-refractivity contribution in [2.24, 2.45) is 0 Å². The van der Waals surface area contributed by atoms with Crippen molar-refractivity contribution in [2.75, 3.05) is 10.5 Å². The molecule has 1 aromatic heterocycles. The van der Waals surface area contributed by atoms with Gasteiger partial charge in [0.15, 0.2) is 0 Å². The van der Waals surface area contributed by atoms with Crippen LogP contribution in [-0.2, 0) is 10.0 Å². The number of benzene rings is 1. The molecule has 0 saturated heterocycles. The molecule has 20 heavy (non-hydrogen) atoms. The van der Waals surface area contributed by atoms with Gasteiger partial charge >= 0.3 is 0 Å². The summed E-state index contributed by atoms with van der Waals surface area (Å²) in [6, 6.07) is 6.17. The fourth-order valence-electron chi connectivity index (χ4n) is 1.64. The van der Waals surface area contributed by atoms with Crippen molar-refractivity contribution in [3.63, 3.8) is 0 Å². The highest BCUT2D eigenvalue weighted by Gasteiger charge is 2.15. The minimum absolute atomic E-state index is 0.150. The molecule has 2 rings (SSSR count). The zero-order valence-electron chi connectivity index (χ0n) is 11.0. The van der Waals surface area contributed by atoms with Gasteiger partial charge in [0, 0.05) is 5.69 Å². The first-order valence-electron chi connectivity index (χ1n) is 5.81. The SMILES string of the molecule is Cc1cc(S(=O)(=O)Nc2cnc(Cl)c(C)c2)ccc1N. The average Bonchev–Trinajstić information content (AvgIpc) is 2.37. The maximum absolute atomic E-state index is 12.2. The number of sulfonamides is 1. The van der Waals surface area contributed by atoms with Crippen LogP contribution in [0, 0.1) is 13.8 Å². The lowest BCUT2D eigenvalue weighted by Gasteiger charge is -2.10. The van der Waals surface area contributed by atoms with Gasteiger partial charge in [-0.05, 0) is 49.2 Å². The zero-order valence-corrected chi connectivity index (χ0v) is 12.6. The topological polar surface area (TPSA) is 85.1 Å². The number of nitrogens with two attached hydrogens (primary N) is 1. The zero-order chi connectivity index (χ0) is 14.9. The number of nitrogens with zero attached hydrogens (tertiary/aromatic N) is 1. The minimum atomic E-state index is -3.67. The van der Waals surface area contributed by atoms with Gasteiger partial charge in [0.2, 0.25) is 0 Å². The Balaban J connectivity index is 2.35. The molecule has 0 amide bonds. The number of aryl methyl sites for hydroxylation is 2. The minimum Gasteiger partial charge on any atom is -0.399 e. The van der Waals surface area contributed by atoms with Crippen LogP contribution in [0.4, 0.5) is 11.4 Å². The number of halogens is 1. The van der Waals surface area contributed by atoms with Gasteiger partial charge < -0.3 is 5.73 Å². The first-order chi connectivity index (χ1) is 9.29. The summed E-state index contributed by atoms with van der Waals surface area (Å²) in [5.74, 6) is 0. The van der Waals surface area contributed by atoms with Crippen LogP contribution in [0.3, 0.4) is 0 Å². The summed E-state index contributed by atoms with van der Waals surface area (Å²) < 4.78 is 27.0. The van der Waals surface area contributed by atoms with E-state index in [1.165, 1.54) is 18.3 Å². The molecule has 0 bridgehead atoms. The number of aromatic nitrogens is 1. The van der Waals surface area contributed by atoms with E-state index < -0.39 is 10.0 Å². The third-order valence-electron chi connectivity index (χ3n) is 2.82. The predicted octanol–water partition coefficient (Wildman–Crippen LogP) is 2.73. The lowest BCUT2D eigenvalue weighted by Crippen LogP contribution is -2.13. The van der Waals surface area contributed by atoms with Crippen LogP contribution >= 0.6 is 11.6 Å². The van der Waals surface area contributed by atoms with E-state index in [0.29, 0.717) is 27.7 Å². The van der Waals surface area contributed by atoms with Gasteiger partial charge in [0.1, 0.15) is 5.15 Å². The van der Waals surface area contributed by atoms with Crippen molar-refractivity contribution in [3.8, 4) is 0 Å². The van der Waals surface area contributed by atoms with E-state index in [9.17, 15) is 8.42 Å². The highest BCUT2D eigenvalue weighted by Crippen LogP contribution is 2.21. The van der Waals surface area contributed by atoms with Crippen LogP contribution in [0.25, 0.3) is 0 Å². The van der Waals surface area contributed by atoms with Crippen LogP contribution < -0.4 is 10.5 Å². The second kappa shape index (κ2) is 5.30. The van der Waals surface area contributed by atoms with Crippen molar-refractivity contribution in [1.82, 2.24) is 4.98 Å². The maximum Gasteiger partial charge on any atom is 0.261 e. The predicted molar refractivity (Wildman–Crippen MR) is 80.4 cm³/mol. The lowest BCUT2D eigenvalue weighted by atomic mass is 10.2. The van der Waals surface area contributed by atoms with E-state index in [-0.39, 0.29) is 4.90 Å². The molecule has 1 aromatic carbocycles. The summed E-state index contributed by atoms with van der Waals surface area (Å²) in [6.07, 6.45) is 1.37. The molecule has 0 unspecified atom stereocenters. The second-order valence-electron chi connectivity index (χ2n) is 4.46. The molecule has 0 fully saturated rings. The van der Waals surface area contributed by atoms with E-state index in [0.717, 1.165) is 0 Å². The summed E-state index contributed by atoms with van der Waals surface area (Å²) in [5, 5.41) is 0.344. The van der Waals surface area contributed by atoms with E-state index >= 15 is 0 Å². The molecular weight excluding hydrogens is 298 g/mol. The molecule has 5 nitrogen and oxygen atoms in total. The normalized spacial score (nSPS) is 11.3. The molecule has 0 saturated carbocycles. The summed E-state index contributed by atoms with van der Waals surface area (Å²) in [7, 11) is -3.67. The number of anilines is 2. The largest absolute Gasteiger partial charge is 0.399 e. The Morgan fingerprint density at radius 2 is 1.90 bits per heavy atom. The van der Waals surface area contributed by atoms with E-state index in [2.05, 4.69) is 9.71 Å². The molecule has 1 heterocycles. The summed E-state index contributed by atoms with van der Waals surface area (Å²) in [4.78, 5) is 4.06. The first-order valence-corrected chi connectivity index (χ1v) is 7.67. The molecule has 7 heteroatoms. The first kappa shape index (κ1) is 14.6. The molecule has 106 valence electrons. The Morgan fingerprint density at radius 1 is 1.20 bits per heavy atom. The Kier molecular flexibility index (Phi) is 3.87. The van der Waals surface area contributed by atoms with Crippen molar-refractivity contribution in [2.45, 2.75) is 18.7 Å². The van der Waals surface area contributed by atoms with Crippen LogP contribution in [0.1, 0.15) is 11.1 Å². The molecule has 0 atom stereocenters. The quantitative estimate of drug-likeness (QED) is 0.674. The van der Waals surface area contributed by atoms with Gasteiger partial charge in [0.25, 0.3) is 10.0 Å². The Hall–Kier alpha value is -1.79. The van der Waals surface area contributed by atoms with Gasteiger partial charge in [-0.2, -0.15) is 0 Å². The van der Waals surface area contributed by atoms with Gasteiger partial charge in [-0.1, -0.05) is 11.6 Å². The van der Waals surface area contributed by atoms with Crippen LogP contribution in [0.15, 0.2) is 35.4 Å². The average molecular weight is 312 g/mol. The lowest BCUT2D eigenvalue weighted by molar-refractivity contribution is 0.601. The fraction of sp³-hybridized carbons (Fsp3) is 0.154. The summed E-state index contributed by atoms with van der Waals surface area (Å²) >= 11 is 5.80. The number of rotatable bonds is 3. The Bertz CT molecular complexity index is 760. The van der Waals surface area contributed by atoms with Gasteiger partial charge in [-0.3, -0.25) is 4.72 Å². The molecule has 3 N–H and O–H groups in total. The highest BCUT2D eigenvalue weighted by molar-refractivity contribution is 7.92. The van der Waals surface area contributed by atoms with Crippen molar-refractivity contribution >= 4 is 33.0 Å². The third kappa shape index (κ3) is 3.02. The standard InChI is InChI=1S/C13H14ClN3O2S/c1-8-6-11(3-4-12(8)15)20(18,19)17-10-5-9(2)13(14)16-7-10/h3-7,17H,15H2,1-2H3. The number of hydrogen-bond acceptors (Lipinski definition) is 4. The van der Waals surface area contributed by atoms with Crippen LogP contribution in [-0.4, -0.2) is 13.4 Å². The van der Waals surface area contributed by atoms with E-state index in [1.807, 2.05) is 0 Å². The molecule has 0 aliphatic carbocycles. The van der Waals surface area contributed by atoms with Crippen LogP contribution in [0.2, 0.25) is 5.15 Å². The molecule has 2 aromatic rings. The van der Waals surface area contributed by atoms with Crippen molar-refractivity contribution in [3.05, 3.63) is 46.7 Å². The van der Waals surface area contributed by atoms with Gasteiger partial charge in [-0.25, -0.2) is 13.4 Å². The van der Waals surface area contributed by atoms with E-state index in [1.54, 1.807) is 26.0 Å². The fourth-order valence-corrected chi connectivity index (χ4v) is 2.87. The molecule has 0 spiro atoms. The smallest absolute Gasteiger partial charge is 0.261 e. The maximum atomic E-state index is 12.2. The van der Waals surface area contributed by atoms with Crippen molar-refractivity contribution in [1.29, 1.82) is 0 Å². The molecule has 0 aliphatic rings. The van der Waals surface area contributed by atoms with Crippen LogP contribution in [0.5, 0.6) is 0 Å². The molecule has 0 radical (unpaired) electrons. The third-order valence-corrected chi connectivity index (χ3v) is 4.59.